The molecular weight excluding hydrogens is 216 g/mol. The van der Waals surface area contributed by atoms with Crippen LogP contribution in [0.5, 0.6) is 0 Å². The highest BCUT2D eigenvalue weighted by Gasteiger charge is 2.64. The molecule has 1 rings (SSSR count). The van der Waals surface area contributed by atoms with E-state index >= 15 is 0 Å². The highest BCUT2D eigenvalue weighted by molar-refractivity contribution is 5.12. The Bertz CT molecular complexity index is 230. The minimum atomic E-state index is 0.706. The highest BCUT2D eigenvalue weighted by atomic mass is 14.7. The van der Waals surface area contributed by atoms with Crippen molar-refractivity contribution in [2.24, 2.45) is 29.1 Å². The van der Waals surface area contributed by atoms with E-state index in [1.54, 1.807) is 0 Å². The topological polar surface area (TPSA) is 0 Å². The zero-order chi connectivity index (χ0) is 13.8. The molecule has 0 bridgehead atoms. The Morgan fingerprint density at radius 1 is 0.944 bits per heavy atom. The van der Waals surface area contributed by atoms with Crippen LogP contribution in [0.15, 0.2) is 0 Å². The van der Waals surface area contributed by atoms with Gasteiger partial charge in [-0.1, -0.05) is 73.6 Å². The van der Waals surface area contributed by atoms with Crippen LogP contribution < -0.4 is 0 Å². The third kappa shape index (κ3) is 2.94. The Kier molecular flexibility index (Phi) is 6.21. The molecule has 0 aromatic heterocycles. The van der Waals surface area contributed by atoms with Crippen LogP contribution in [0.2, 0.25) is 0 Å². The van der Waals surface area contributed by atoms with Gasteiger partial charge in [-0.05, 0) is 41.9 Å². The van der Waals surface area contributed by atoms with E-state index in [2.05, 4.69) is 41.5 Å². The van der Waals surface area contributed by atoms with E-state index in [1.807, 2.05) is 0 Å². The minimum Gasteiger partial charge on any atom is -0.0654 e. The highest BCUT2D eigenvalue weighted by Crippen LogP contribution is 2.70. The van der Waals surface area contributed by atoms with Gasteiger partial charge in [0.25, 0.3) is 0 Å². The van der Waals surface area contributed by atoms with Crippen LogP contribution in [-0.4, -0.2) is 0 Å². The van der Waals surface area contributed by atoms with Crippen LogP contribution >= 0.6 is 0 Å². The number of hydrogen-bond acceptors (Lipinski definition) is 0. The van der Waals surface area contributed by atoms with Crippen LogP contribution in [0.3, 0.4) is 0 Å². The van der Waals surface area contributed by atoms with Gasteiger partial charge in [0.2, 0.25) is 0 Å². The van der Waals surface area contributed by atoms with Gasteiger partial charge in [0, 0.05) is 0 Å². The predicted octanol–water partition coefficient (Wildman–Crippen LogP) is 6.30. The molecule has 4 unspecified atom stereocenters. The molecule has 1 fully saturated rings. The fourth-order valence-electron chi connectivity index (χ4n) is 4.96. The Morgan fingerprint density at radius 2 is 1.61 bits per heavy atom. The van der Waals surface area contributed by atoms with Gasteiger partial charge in [-0.2, -0.15) is 0 Å². The minimum absolute atomic E-state index is 0.706. The summed E-state index contributed by atoms with van der Waals surface area (Å²) >= 11 is 0. The lowest BCUT2D eigenvalue weighted by atomic mass is 9.79. The summed E-state index contributed by atoms with van der Waals surface area (Å²) < 4.78 is 0. The van der Waals surface area contributed by atoms with Gasteiger partial charge < -0.3 is 0 Å². The number of hydrogen-bond donors (Lipinski definition) is 0. The second kappa shape index (κ2) is 6.96. The van der Waals surface area contributed by atoms with Crippen molar-refractivity contribution >= 4 is 0 Å². The van der Waals surface area contributed by atoms with E-state index in [0.29, 0.717) is 5.41 Å². The van der Waals surface area contributed by atoms with Gasteiger partial charge in [-0.3, -0.25) is 0 Å². The normalized spacial score (nSPS) is 32.8. The van der Waals surface area contributed by atoms with Crippen molar-refractivity contribution in [1.29, 1.82) is 0 Å². The Morgan fingerprint density at radius 3 is 2.06 bits per heavy atom. The molecule has 0 aliphatic heterocycles. The van der Waals surface area contributed by atoms with E-state index in [0.717, 1.165) is 23.7 Å². The molecule has 0 N–H and O–H groups in total. The molecule has 0 aromatic carbocycles. The molecular formula is C18H36. The molecule has 0 radical (unpaired) electrons. The lowest BCUT2D eigenvalue weighted by molar-refractivity contribution is 0.237. The lowest BCUT2D eigenvalue weighted by Gasteiger charge is -2.26. The first-order chi connectivity index (χ1) is 8.56. The van der Waals surface area contributed by atoms with Crippen molar-refractivity contribution in [2.75, 3.05) is 0 Å². The van der Waals surface area contributed by atoms with Crippen molar-refractivity contribution in [3.05, 3.63) is 0 Å². The Hall–Kier alpha value is 0. The van der Waals surface area contributed by atoms with Gasteiger partial charge >= 0.3 is 0 Å². The maximum atomic E-state index is 2.53. The fraction of sp³-hybridized carbons (Fsp3) is 1.00. The third-order valence-electron chi connectivity index (χ3n) is 5.72. The van der Waals surface area contributed by atoms with Crippen LogP contribution in [0.25, 0.3) is 0 Å². The number of rotatable bonds is 9. The quantitative estimate of drug-likeness (QED) is 0.422. The molecule has 0 nitrogen and oxygen atoms in total. The maximum Gasteiger partial charge on any atom is -0.0210 e. The Balaban J connectivity index is 2.68. The first-order valence-corrected chi connectivity index (χ1v) is 8.56. The summed E-state index contributed by atoms with van der Waals surface area (Å²) in [4.78, 5) is 0. The molecule has 4 atom stereocenters. The smallest absolute Gasteiger partial charge is 0.0210 e. The molecule has 18 heavy (non-hydrogen) atoms. The van der Waals surface area contributed by atoms with E-state index in [9.17, 15) is 0 Å². The van der Waals surface area contributed by atoms with Crippen molar-refractivity contribution in [1.82, 2.24) is 0 Å². The first-order valence-electron chi connectivity index (χ1n) is 8.56. The van der Waals surface area contributed by atoms with E-state index in [4.69, 9.17) is 0 Å². The Labute approximate surface area is 116 Å². The summed E-state index contributed by atoms with van der Waals surface area (Å²) in [6, 6.07) is 0. The molecule has 1 saturated carbocycles. The van der Waals surface area contributed by atoms with Crippen LogP contribution in [0.4, 0.5) is 0 Å². The second-order valence-corrected chi connectivity index (χ2v) is 7.03. The van der Waals surface area contributed by atoms with Gasteiger partial charge in [-0.15, -0.1) is 0 Å². The first kappa shape index (κ1) is 16.1. The van der Waals surface area contributed by atoms with Gasteiger partial charge in [0.15, 0.2) is 0 Å². The molecule has 0 amide bonds. The van der Waals surface area contributed by atoms with E-state index in [1.165, 1.54) is 44.9 Å². The summed E-state index contributed by atoms with van der Waals surface area (Å²) in [7, 11) is 0. The molecule has 108 valence electrons. The molecule has 1 aliphatic rings. The van der Waals surface area contributed by atoms with Crippen LogP contribution in [-0.2, 0) is 0 Å². The van der Waals surface area contributed by atoms with Crippen LogP contribution in [0.1, 0.15) is 86.5 Å². The summed E-state index contributed by atoms with van der Waals surface area (Å²) in [5.41, 5.74) is 0.706. The number of unbranched alkanes of at least 4 members (excludes halogenated alkanes) is 2. The molecule has 0 heteroatoms. The average molecular weight is 252 g/mol. The molecule has 0 saturated heterocycles. The monoisotopic (exact) mass is 252 g/mol. The van der Waals surface area contributed by atoms with Crippen molar-refractivity contribution in [3.8, 4) is 0 Å². The summed E-state index contributed by atoms with van der Waals surface area (Å²) in [5.74, 6) is 3.87. The maximum absolute atomic E-state index is 2.53. The summed E-state index contributed by atoms with van der Waals surface area (Å²) in [6.07, 6.45) is 9.96. The van der Waals surface area contributed by atoms with Crippen molar-refractivity contribution in [2.45, 2.75) is 86.5 Å². The fourth-order valence-corrected chi connectivity index (χ4v) is 4.96. The zero-order valence-corrected chi connectivity index (χ0v) is 13.8. The average Bonchev–Trinajstić information content (AvgIpc) is 2.99. The predicted molar refractivity (Wildman–Crippen MR) is 82.8 cm³/mol. The second-order valence-electron chi connectivity index (χ2n) is 7.03. The molecule has 0 aromatic rings. The van der Waals surface area contributed by atoms with Gasteiger partial charge in [-0.25, -0.2) is 0 Å². The van der Waals surface area contributed by atoms with Gasteiger partial charge in [0.05, 0.1) is 0 Å². The molecule has 0 heterocycles. The lowest BCUT2D eigenvalue weighted by Crippen LogP contribution is -2.17. The van der Waals surface area contributed by atoms with Crippen LogP contribution in [0, 0.1) is 29.1 Å². The summed E-state index contributed by atoms with van der Waals surface area (Å²) in [5, 5.41) is 0. The SMILES string of the molecule is CCCCCC1C(C(C)C)C1(CC)C(C)CCC. The summed E-state index contributed by atoms with van der Waals surface area (Å²) in [6.45, 7) is 14.5. The third-order valence-corrected chi connectivity index (χ3v) is 5.72. The van der Waals surface area contributed by atoms with E-state index in [-0.39, 0.29) is 0 Å². The van der Waals surface area contributed by atoms with Crippen molar-refractivity contribution < 1.29 is 0 Å². The van der Waals surface area contributed by atoms with E-state index < -0.39 is 0 Å². The molecule has 1 aliphatic carbocycles. The van der Waals surface area contributed by atoms with Crippen molar-refractivity contribution in [3.63, 3.8) is 0 Å². The van der Waals surface area contributed by atoms with Gasteiger partial charge in [0.1, 0.15) is 0 Å². The zero-order valence-electron chi connectivity index (χ0n) is 13.8. The molecule has 0 spiro atoms. The standard InChI is InChI=1S/C18H36/c1-7-10-11-13-16-17(14(4)5)18(16,9-3)15(6)12-8-2/h14-17H,7-13H2,1-6H3. The largest absolute Gasteiger partial charge is 0.0654 e.